The Bertz CT molecular complexity index is 550. The van der Waals surface area contributed by atoms with E-state index in [9.17, 15) is 5.11 Å². The lowest BCUT2D eigenvalue weighted by Gasteiger charge is -2.27. The van der Waals surface area contributed by atoms with Crippen LogP contribution in [0.1, 0.15) is 23.6 Å². The zero-order chi connectivity index (χ0) is 13.2. The summed E-state index contributed by atoms with van der Waals surface area (Å²) in [7, 11) is 1.60. The monoisotopic (exact) mass is 243 g/mol. The molecule has 1 atom stereocenters. The maximum atomic E-state index is 10.8. The number of aryl methyl sites for hydroxylation is 1. The van der Waals surface area contributed by atoms with Gasteiger partial charge in [0.25, 0.3) is 0 Å². The van der Waals surface area contributed by atoms with Crippen LogP contribution in [-0.4, -0.2) is 17.2 Å². The molecule has 2 aromatic rings. The molecule has 1 heterocycles. The number of para-hydroxylation sites is 1. The van der Waals surface area contributed by atoms with Crippen molar-refractivity contribution in [3.05, 3.63) is 59.4 Å². The summed E-state index contributed by atoms with van der Waals surface area (Å²) < 4.78 is 5.31. The zero-order valence-electron chi connectivity index (χ0n) is 10.8. The predicted molar refractivity (Wildman–Crippen MR) is 70.6 cm³/mol. The lowest BCUT2D eigenvalue weighted by Crippen LogP contribution is -2.25. The molecule has 0 radical (unpaired) electrons. The van der Waals surface area contributed by atoms with E-state index in [1.165, 1.54) is 0 Å². The van der Waals surface area contributed by atoms with Gasteiger partial charge < -0.3 is 9.84 Å². The molecule has 0 aliphatic rings. The van der Waals surface area contributed by atoms with Crippen LogP contribution in [0.25, 0.3) is 0 Å². The Morgan fingerprint density at radius 1 is 1.17 bits per heavy atom. The third-order valence-corrected chi connectivity index (χ3v) is 3.19. The molecule has 94 valence electrons. The minimum atomic E-state index is -1.12. The van der Waals surface area contributed by atoms with Gasteiger partial charge in [-0.05, 0) is 31.5 Å². The second-order valence-corrected chi connectivity index (χ2v) is 4.46. The van der Waals surface area contributed by atoms with E-state index in [4.69, 9.17) is 4.74 Å². The first kappa shape index (κ1) is 12.6. The SMILES string of the molecule is COc1ccccc1C(C)(O)c1cnccc1C. The molecular formula is C15H17NO2. The number of hydrogen-bond acceptors (Lipinski definition) is 3. The molecule has 0 bridgehead atoms. The highest BCUT2D eigenvalue weighted by Crippen LogP contribution is 2.36. The standard InChI is InChI=1S/C15H17NO2/c1-11-8-9-16-10-13(11)15(2,17)12-6-4-5-7-14(12)18-3/h4-10,17H,1-3H3. The van der Waals surface area contributed by atoms with Crippen LogP contribution in [-0.2, 0) is 5.60 Å². The summed E-state index contributed by atoms with van der Waals surface area (Å²) in [6, 6.07) is 9.37. The topological polar surface area (TPSA) is 42.4 Å². The Morgan fingerprint density at radius 2 is 1.89 bits per heavy atom. The third kappa shape index (κ3) is 2.09. The Balaban J connectivity index is 2.58. The fourth-order valence-corrected chi connectivity index (χ4v) is 2.17. The van der Waals surface area contributed by atoms with E-state index in [1.54, 1.807) is 26.4 Å². The molecule has 0 fully saturated rings. The molecule has 0 saturated carbocycles. The average molecular weight is 243 g/mol. The molecule has 2 rings (SSSR count). The largest absolute Gasteiger partial charge is 0.496 e. The van der Waals surface area contributed by atoms with E-state index in [2.05, 4.69) is 4.98 Å². The van der Waals surface area contributed by atoms with Gasteiger partial charge in [-0.2, -0.15) is 0 Å². The van der Waals surface area contributed by atoms with Gasteiger partial charge in [0.05, 0.1) is 7.11 Å². The van der Waals surface area contributed by atoms with Crippen molar-refractivity contribution < 1.29 is 9.84 Å². The highest BCUT2D eigenvalue weighted by molar-refractivity contribution is 5.45. The summed E-state index contributed by atoms with van der Waals surface area (Å²) in [5.74, 6) is 0.672. The summed E-state index contributed by atoms with van der Waals surface area (Å²) in [4.78, 5) is 4.09. The minimum Gasteiger partial charge on any atom is -0.496 e. The number of rotatable bonds is 3. The quantitative estimate of drug-likeness (QED) is 0.901. The van der Waals surface area contributed by atoms with Crippen molar-refractivity contribution in [1.29, 1.82) is 0 Å². The molecule has 1 unspecified atom stereocenters. The molecule has 1 aromatic carbocycles. The average Bonchev–Trinajstić information content (AvgIpc) is 2.39. The number of aromatic nitrogens is 1. The number of hydrogen-bond donors (Lipinski definition) is 1. The number of nitrogens with zero attached hydrogens (tertiary/aromatic N) is 1. The minimum absolute atomic E-state index is 0.672. The van der Waals surface area contributed by atoms with Crippen molar-refractivity contribution in [2.24, 2.45) is 0 Å². The van der Waals surface area contributed by atoms with Gasteiger partial charge in [0, 0.05) is 23.5 Å². The first-order chi connectivity index (χ1) is 8.57. The normalized spacial score (nSPS) is 14.0. The van der Waals surface area contributed by atoms with Crippen LogP contribution >= 0.6 is 0 Å². The summed E-state index contributed by atoms with van der Waals surface area (Å²) in [5.41, 5.74) is 1.41. The van der Waals surface area contributed by atoms with Crippen LogP contribution in [0.15, 0.2) is 42.7 Å². The van der Waals surface area contributed by atoms with E-state index in [0.29, 0.717) is 5.75 Å². The number of methoxy groups -OCH3 is 1. The van der Waals surface area contributed by atoms with Crippen molar-refractivity contribution in [1.82, 2.24) is 4.98 Å². The molecule has 0 aliphatic carbocycles. The molecule has 1 aromatic heterocycles. The number of benzene rings is 1. The van der Waals surface area contributed by atoms with Crippen molar-refractivity contribution in [2.75, 3.05) is 7.11 Å². The van der Waals surface area contributed by atoms with Gasteiger partial charge in [-0.3, -0.25) is 4.98 Å². The summed E-state index contributed by atoms with van der Waals surface area (Å²) in [6.45, 7) is 3.72. The lowest BCUT2D eigenvalue weighted by molar-refractivity contribution is 0.0979. The molecule has 18 heavy (non-hydrogen) atoms. The first-order valence-corrected chi connectivity index (χ1v) is 5.84. The predicted octanol–water partition coefficient (Wildman–Crippen LogP) is 2.65. The maximum absolute atomic E-state index is 10.8. The molecule has 0 saturated heterocycles. The highest BCUT2D eigenvalue weighted by Gasteiger charge is 2.30. The first-order valence-electron chi connectivity index (χ1n) is 5.84. The van der Waals surface area contributed by atoms with E-state index in [1.807, 2.05) is 37.3 Å². The Kier molecular flexibility index (Phi) is 3.34. The molecule has 0 amide bonds. The van der Waals surface area contributed by atoms with E-state index in [0.717, 1.165) is 16.7 Å². The zero-order valence-corrected chi connectivity index (χ0v) is 10.8. The fraction of sp³-hybridized carbons (Fsp3) is 0.267. The van der Waals surface area contributed by atoms with Crippen molar-refractivity contribution in [3.8, 4) is 5.75 Å². The van der Waals surface area contributed by atoms with Crippen LogP contribution in [0.5, 0.6) is 5.75 Å². The van der Waals surface area contributed by atoms with Crippen molar-refractivity contribution in [3.63, 3.8) is 0 Å². The summed E-state index contributed by atoms with van der Waals surface area (Å²) >= 11 is 0. The maximum Gasteiger partial charge on any atom is 0.125 e. The Labute approximate surface area is 107 Å². The van der Waals surface area contributed by atoms with Crippen LogP contribution in [0.4, 0.5) is 0 Å². The van der Waals surface area contributed by atoms with E-state index in [-0.39, 0.29) is 0 Å². The van der Waals surface area contributed by atoms with E-state index >= 15 is 0 Å². The second-order valence-electron chi connectivity index (χ2n) is 4.46. The van der Waals surface area contributed by atoms with Crippen LogP contribution in [0.3, 0.4) is 0 Å². The smallest absolute Gasteiger partial charge is 0.125 e. The fourth-order valence-electron chi connectivity index (χ4n) is 2.17. The molecule has 0 aliphatic heterocycles. The molecule has 1 N–H and O–H groups in total. The second kappa shape index (κ2) is 4.78. The molecule has 3 heteroatoms. The van der Waals surface area contributed by atoms with Gasteiger partial charge in [-0.15, -0.1) is 0 Å². The van der Waals surface area contributed by atoms with Crippen molar-refractivity contribution in [2.45, 2.75) is 19.4 Å². The van der Waals surface area contributed by atoms with Gasteiger partial charge in [-0.25, -0.2) is 0 Å². The number of aliphatic hydroxyl groups is 1. The van der Waals surface area contributed by atoms with E-state index < -0.39 is 5.60 Å². The molecular weight excluding hydrogens is 226 g/mol. The van der Waals surface area contributed by atoms with Crippen molar-refractivity contribution >= 4 is 0 Å². The number of ether oxygens (including phenoxy) is 1. The van der Waals surface area contributed by atoms with Gasteiger partial charge >= 0.3 is 0 Å². The number of pyridine rings is 1. The third-order valence-electron chi connectivity index (χ3n) is 3.19. The highest BCUT2D eigenvalue weighted by atomic mass is 16.5. The molecule has 3 nitrogen and oxygen atoms in total. The van der Waals surface area contributed by atoms with Gasteiger partial charge in [0.1, 0.15) is 11.4 Å². The van der Waals surface area contributed by atoms with Gasteiger partial charge in [0.2, 0.25) is 0 Å². The summed E-state index contributed by atoms with van der Waals surface area (Å²) in [5, 5.41) is 10.8. The summed E-state index contributed by atoms with van der Waals surface area (Å²) in [6.07, 6.45) is 3.42. The van der Waals surface area contributed by atoms with Gasteiger partial charge in [-0.1, -0.05) is 18.2 Å². The van der Waals surface area contributed by atoms with Crippen LogP contribution < -0.4 is 4.74 Å². The lowest BCUT2D eigenvalue weighted by atomic mass is 9.86. The van der Waals surface area contributed by atoms with Crippen LogP contribution in [0, 0.1) is 6.92 Å². The Hall–Kier alpha value is -1.87. The molecule has 0 spiro atoms. The van der Waals surface area contributed by atoms with Gasteiger partial charge in [0.15, 0.2) is 0 Å². The van der Waals surface area contributed by atoms with Crippen LogP contribution in [0.2, 0.25) is 0 Å². The Morgan fingerprint density at radius 3 is 2.56 bits per heavy atom.